The van der Waals surface area contributed by atoms with Crippen molar-refractivity contribution in [1.29, 1.82) is 0 Å². The summed E-state index contributed by atoms with van der Waals surface area (Å²) in [6, 6.07) is 11.9. The molecule has 6 rings (SSSR count). The molecule has 1 unspecified atom stereocenters. The van der Waals surface area contributed by atoms with Crippen molar-refractivity contribution in [1.82, 2.24) is 10.2 Å². The number of benzene rings is 2. The van der Waals surface area contributed by atoms with E-state index in [1.807, 2.05) is 26.0 Å². The number of carbonyl (C=O) groups excluding carboxylic acids is 2. The number of carbonyl (C=O) groups is 2. The summed E-state index contributed by atoms with van der Waals surface area (Å²) < 4.78 is 6.02. The van der Waals surface area contributed by atoms with Gasteiger partial charge in [-0.1, -0.05) is 55.0 Å². The highest BCUT2D eigenvalue weighted by atomic mass is 35.5. The van der Waals surface area contributed by atoms with Gasteiger partial charge in [-0.25, -0.2) is 0 Å². The predicted molar refractivity (Wildman–Crippen MR) is 133 cm³/mol. The maximum absolute atomic E-state index is 14.4. The van der Waals surface area contributed by atoms with Crippen LogP contribution in [0, 0.1) is 0 Å². The molecule has 1 atom stereocenters. The molecule has 10 heteroatoms. The number of rotatable bonds is 4. The molecule has 2 aromatic carbocycles. The van der Waals surface area contributed by atoms with Gasteiger partial charge in [0, 0.05) is 17.1 Å². The van der Waals surface area contributed by atoms with E-state index >= 15 is 0 Å². The van der Waals surface area contributed by atoms with Crippen molar-refractivity contribution in [2.75, 3.05) is 16.3 Å². The first-order chi connectivity index (χ1) is 16.9. The Morgan fingerprint density at radius 3 is 2.63 bits per heavy atom. The van der Waals surface area contributed by atoms with Crippen molar-refractivity contribution in [3.05, 3.63) is 79.6 Å². The molecular formula is C25H19ClN4O4S. The Kier molecular flexibility index (Phi) is 4.84. The molecule has 0 bridgehead atoms. The van der Waals surface area contributed by atoms with Gasteiger partial charge >= 0.3 is 0 Å². The molecule has 2 aliphatic heterocycles. The van der Waals surface area contributed by atoms with E-state index in [1.165, 1.54) is 22.3 Å². The predicted octanol–water partition coefficient (Wildman–Crippen LogP) is 4.52. The average Bonchev–Trinajstić information content (AvgIpc) is 3.50. The highest BCUT2D eigenvalue weighted by Crippen LogP contribution is 2.54. The molecule has 0 radical (unpaired) electrons. The van der Waals surface area contributed by atoms with E-state index in [9.17, 15) is 14.4 Å². The SMILES string of the molecule is CCCN1C(=O)C2(c3ccccc31)c1c(oc3ccc(Cl)cc3c1=O)C(=O)N2c1nnc(CC)s1. The summed E-state index contributed by atoms with van der Waals surface area (Å²) in [6.07, 6.45) is 1.31. The summed E-state index contributed by atoms with van der Waals surface area (Å²) in [7, 11) is 0. The lowest BCUT2D eigenvalue weighted by molar-refractivity contribution is -0.121. The minimum absolute atomic E-state index is 0.0124. The van der Waals surface area contributed by atoms with Crippen LogP contribution >= 0.6 is 22.9 Å². The van der Waals surface area contributed by atoms with Gasteiger partial charge in [0.15, 0.2) is 11.0 Å². The van der Waals surface area contributed by atoms with Gasteiger partial charge in [-0.15, -0.1) is 10.2 Å². The second-order valence-electron chi connectivity index (χ2n) is 8.43. The smallest absolute Gasteiger partial charge is 0.297 e. The molecule has 8 nitrogen and oxygen atoms in total. The van der Waals surface area contributed by atoms with Crippen molar-refractivity contribution >= 4 is 56.5 Å². The van der Waals surface area contributed by atoms with Crippen molar-refractivity contribution in [3.63, 3.8) is 0 Å². The zero-order chi connectivity index (χ0) is 24.5. The fraction of sp³-hybridized carbons (Fsp3) is 0.240. The van der Waals surface area contributed by atoms with Gasteiger partial charge in [0.05, 0.1) is 16.6 Å². The number of nitrogens with zero attached hydrogens (tertiary/aromatic N) is 4. The topological polar surface area (TPSA) is 96.6 Å². The lowest BCUT2D eigenvalue weighted by Crippen LogP contribution is -2.53. The fourth-order valence-corrected chi connectivity index (χ4v) is 6.06. The van der Waals surface area contributed by atoms with Crippen molar-refractivity contribution in [2.24, 2.45) is 0 Å². The van der Waals surface area contributed by atoms with Gasteiger partial charge in [0.2, 0.25) is 10.9 Å². The summed E-state index contributed by atoms with van der Waals surface area (Å²) >= 11 is 7.41. The van der Waals surface area contributed by atoms with Crippen molar-refractivity contribution in [3.8, 4) is 0 Å². The molecule has 0 fully saturated rings. The van der Waals surface area contributed by atoms with Crippen molar-refractivity contribution < 1.29 is 14.0 Å². The van der Waals surface area contributed by atoms with Gasteiger partial charge in [-0.05, 0) is 37.1 Å². The summed E-state index contributed by atoms with van der Waals surface area (Å²) in [6.45, 7) is 4.33. The number of aryl methyl sites for hydroxylation is 1. The maximum atomic E-state index is 14.4. The van der Waals surface area contributed by atoms with Crippen LogP contribution in [0.25, 0.3) is 11.0 Å². The van der Waals surface area contributed by atoms with E-state index in [-0.39, 0.29) is 27.4 Å². The number of hydrogen-bond donors (Lipinski definition) is 0. The third-order valence-corrected chi connectivity index (χ3v) is 7.77. The summed E-state index contributed by atoms with van der Waals surface area (Å²) in [5, 5.41) is 9.93. The van der Waals surface area contributed by atoms with E-state index < -0.39 is 22.8 Å². The van der Waals surface area contributed by atoms with Crippen LogP contribution in [-0.2, 0) is 16.8 Å². The van der Waals surface area contributed by atoms with Crippen LogP contribution in [0.2, 0.25) is 5.02 Å². The molecule has 4 heterocycles. The Bertz CT molecular complexity index is 1610. The lowest BCUT2D eigenvalue weighted by atomic mass is 9.84. The Morgan fingerprint density at radius 2 is 1.89 bits per heavy atom. The summed E-state index contributed by atoms with van der Waals surface area (Å²) in [4.78, 5) is 45.3. The van der Waals surface area contributed by atoms with Gasteiger partial charge < -0.3 is 9.32 Å². The zero-order valence-corrected chi connectivity index (χ0v) is 20.4. The molecule has 2 aromatic heterocycles. The number of hydrogen-bond acceptors (Lipinski definition) is 7. The molecule has 0 aliphatic carbocycles. The molecule has 176 valence electrons. The van der Waals surface area contributed by atoms with E-state index in [2.05, 4.69) is 10.2 Å². The first-order valence-corrected chi connectivity index (χ1v) is 12.5. The monoisotopic (exact) mass is 506 g/mol. The largest absolute Gasteiger partial charge is 0.450 e. The van der Waals surface area contributed by atoms with E-state index in [1.54, 1.807) is 29.2 Å². The van der Waals surface area contributed by atoms with Crippen LogP contribution in [-0.4, -0.2) is 28.6 Å². The molecule has 4 aromatic rings. The van der Waals surface area contributed by atoms with Gasteiger partial charge in [-0.2, -0.15) is 0 Å². The highest BCUT2D eigenvalue weighted by molar-refractivity contribution is 7.15. The molecule has 0 N–H and O–H groups in total. The number of anilines is 2. The summed E-state index contributed by atoms with van der Waals surface area (Å²) in [5.41, 5.74) is -0.829. The number of para-hydroxylation sites is 1. The van der Waals surface area contributed by atoms with Crippen LogP contribution in [0.3, 0.4) is 0 Å². The Morgan fingerprint density at radius 1 is 1.09 bits per heavy atom. The highest BCUT2D eigenvalue weighted by Gasteiger charge is 2.66. The Labute approximate surface area is 208 Å². The second-order valence-corrected chi connectivity index (χ2v) is 9.91. The molecule has 0 saturated carbocycles. The molecular weight excluding hydrogens is 488 g/mol. The average molecular weight is 507 g/mol. The zero-order valence-electron chi connectivity index (χ0n) is 18.9. The van der Waals surface area contributed by atoms with E-state index in [0.717, 1.165) is 0 Å². The van der Waals surface area contributed by atoms with Crippen LogP contribution in [0.15, 0.2) is 51.7 Å². The number of aromatic nitrogens is 2. The number of amides is 2. The van der Waals surface area contributed by atoms with Gasteiger partial charge in [0.1, 0.15) is 10.6 Å². The van der Waals surface area contributed by atoms with Crippen LogP contribution in [0.5, 0.6) is 0 Å². The standard InChI is InChI=1S/C25H19ClN4O4S/c1-3-11-29-16-8-6-5-7-15(16)25(23(29)33)19-20(31)14-12-13(26)9-10-17(14)34-21(19)22(32)30(25)24-28-27-18(4-2)35-24/h5-10,12H,3-4,11H2,1-2H3. The molecule has 1 spiro atoms. The van der Waals surface area contributed by atoms with E-state index in [0.29, 0.717) is 40.7 Å². The molecule has 2 amide bonds. The first-order valence-electron chi connectivity index (χ1n) is 11.3. The Balaban J connectivity index is 1.76. The van der Waals surface area contributed by atoms with Gasteiger partial charge in [-0.3, -0.25) is 19.3 Å². The van der Waals surface area contributed by atoms with E-state index in [4.69, 9.17) is 16.0 Å². The van der Waals surface area contributed by atoms with Gasteiger partial charge in [0.25, 0.3) is 11.8 Å². The Hall–Kier alpha value is -3.56. The van der Waals surface area contributed by atoms with Crippen LogP contribution < -0.4 is 15.2 Å². The maximum Gasteiger partial charge on any atom is 0.297 e. The molecule has 35 heavy (non-hydrogen) atoms. The third kappa shape index (κ3) is 2.76. The number of halogens is 1. The van der Waals surface area contributed by atoms with Crippen LogP contribution in [0.4, 0.5) is 10.8 Å². The number of fused-ring (bicyclic) bond motifs is 5. The quantitative estimate of drug-likeness (QED) is 0.403. The molecule has 2 aliphatic rings. The van der Waals surface area contributed by atoms with Crippen molar-refractivity contribution in [2.45, 2.75) is 32.2 Å². The fourth-order valence-electron chi connectivity index (χ4n) is 5.06. The lowest BCUT2D eigenvalue weighted by Gasteiger charge is -2.32. The summed E-state index contributed by atoms with van der Waals surface area (Å²) in [5.74, 6) is -1.16. The third-order valence-electron chi connectivity index (χ3n) is 6.48. The minimum Gasteiger partial charge on any atom is -0.450 e. The normalized spacial score (nSPS) is 18.7. The molecule has 0 saturated heterocycles. The van der Waals surface area contributed by atoms with Crippen LogP contribution in [0.1, 0.15) is 47.0 Å². The second kappa shape index (κ2) is 7.73. The minimum atomic E-state index is -1.75. The first kappa shape index (κ1) is 21.9.